The number of hydrogen-bond donors (Lipinski definition) is 0. The van der Waals surface area contributed by atoms with Crippen LogP contribution in [0.5, 0.6) is 0 Å². The van der Waals surface area contributed by atoms with E-state index in [0.29, 0.717) is 6.42 Å². The monoisotopic (exact) mass is 306 g/mol. The molecule has 0 aliphatic carbocycles. The lowest BCUT2D eigenvalue weighted by Crippen LogP contribution is -2.02. The molecule has 0 radical (unpaired) electrons. The second kappa shape index (κ2) is 8.68. The molecular formula is C18H23ClO2. The number of halogens is 1. The highest BCUT2D eigenvalue weighted by atomic mass is 35.5. The van der Waals surface area contributed by atoms with Gasteiger partial charge in [-0.1, -0.05) is 61.9 Å². The summed E-state index contributed by atoms with van der Waals surface area (Å²) in [4.78, 5) is 11.0. The fraction of sp³-hybridized carbons (Fsp3) is 0.389. The van der Waals surface area contributed by atoms with Crippen LogP contribution >= 0.6 is 11.6 Å². The van der Waals surface area contributed by atoms with Crippen molar-refractivity contribution in [3.8, 4) is 0 Å². The van der Waals surface area contributed by atoms with Crippen LogP contribution in [0.4, 0.5) is 0 Å². The fourth-order valence-corrected chi connectivity index (χ4v) is 1.92. The molecule has 0 aromatic heterocycles. The zero-order chi connectivity index (χ0) is 15.7. The number of esters is 1. The van der Waals surface area contributed by atoms with Gasteiger partial charge in [-0.25, -0.2) is 0 Å². The van der Waals surface area contributed by atoms with E-state index in [9.17, 15) is 4.79 Å². The number of ether oxygens (including phenoxy) is 1. The maximum absolute atomic E-state index is 11.0. The number of unbranched alkanes of at least 4 members (excludes halogenated alkanes) is 1. The maximum atomic E-state index is 11.0. The Hall–Kier alpha value is -1.54. The highest BCUT2D eigenvalue weighted by molar-refractivity contribution is 6.30. The molecule has 2 nitrogen and oxygen atoms in total. The van der Waals surface area contributed by atoms with Crippen LogP contribution < -0.4 is 0 Å². The Bertz CT molecular complexity index is 498. The quantitative estimate of drug-likeness (QED) is 0.389. The first kappa shape index (κ1) is 17.5. The molecule has 0 saturated carbocycles. The van der Waals surface area contributed by atoms with E-state index >= 15 is 0 Å². The van der Waals surface area contributed by atoms with Crippen LogP contribution in [-0.2, 0) is 9.53 Å². The molecule has 0 saturated heterocycles. The summed E-state index contributed by atoms with van der Waals surface area (Å²) in [6.45, 7) is 4.30. The lowest BCUT2D eigenvalue weighted by molar-refractivity contribution is -0.140. The van der Waals surface area contributed by atoms with Gasteiger partial charge < -0.3 is 4.74 Å². The summed E-state index contributed by atoms with van der Waals surface area (Å²) in [6, 6.07) is 7.76. The van der Waals surface area contributed by atoms with Crippen LogP contribution in [-0.4, -0.2) is 13.1 Å². The van der Waals surface area contributed by atoms with Crippen molar-refractivity contribution in [2.24, 2.45) is 5.41 Å². The van der Waals surface area contributed by atoms with Gasteiger partial charge in [-0.15, -0.1) is 0 Å². The van der Waals surface area contributed by atoms with Crippen molar-refractivity contribution in [1.82, 2.24) is 0 Å². The van der Waals surface area contributed by atoms with Crippen LogP contribution in [0.15, 0.2) is 42.5 Å². The number of rotatable bonds is 7. The topological polar surface area (TPSA) is 26.3 Å². The first-order valence-corrected chi connectivity index (χ1v) is 7.50. The molecule has 1 aromatic carbocycles. The SMILES string of the molecule is COC(=O)CCC/C=C\C(C)(C)C=Cc1ccc(Cl)cc1. The number of carbonyl (C=O) groups excluding carboxylic acids is 1. The molecule has 0 bridgehead atoms. The summed E-state index contributed by atoms with van der Waals surface area (Å²) in [7, 11) is 1.42. The molecule has 0 aliphatic heterocycles. The Morgan fingerprint density at radius 3 is 2.52 bits per heavy atom. The summed E-state index contributed by atoms with van der Waals surface area (Å²) in [5.41, 5.74) is 1.11. The van der Waals surface area contributed by atoms with Crippen molar-refractivity contribution >= 4 is 23.6 Å². The van der Waals surface area contributed by atoms with E-state index < -0.39 is 0 Å². The average Bonchev–Trinajstić information content (AvgIpc) is 2.46. The number of allylic oxidation sites excluding steroid dienone is 3. The van der Waals surface area contributed by atoms with Crippen LogP contribution in [0.1, 0.15) is 38.7 Å². The van der Waals surface area contributed by atoms with E-state index in [-0.39, 0.29) is 11.4 Å². The van der Waals surface area contributed by atoms with Gasteiger partial charge in [-0.2, -0.15) is 0 Å². The predicted molar refractivity (Wildman–Crippen MR) is 89.3 cm³/mol. The summed E-state index contributed by atoms with van der Waals surface area (Å²) in [5.74, 6) is -0.148. The lowest BCUT2D eigenvalue weighted by Gasteiger charge is -2.14. The van der Waals surface area contributed by atoms with Gasteiger partial charge in [0.05, 0.1) is 7.11 Å². The summed E-state index contributed by atoms with van der Waals surface area (Å²) in [5, 5.41) is 0.747. The Kier molecular flexibility index (Phi) is 7.24. The van der Waals surface area contributed by atoms with Gasteiger partial charge in [0.25, 0.3) is 0 Å². The van der Waals surface area contributed by atoms with Gasteiger partial charge in [0.15, 0.2) is 0 Å². The third kappa shape index (κ3) is 7.72. The smallest absolute Gasteiger partial charge is 0.305 e. The molecule has 0 spiro atoms. The average molecular weight is 307 g/mol. The molecule has 0 N–H and O–H groups in total. The van der Waals surface area contributed by atoms with Crippen molar-refractivity contribution in [2.75, 3.05) is 7.11 Å². The highest BCUT2D eigenvalue weighted by Gasteiger charge is 2.08. The van der Waals surface area contributed by atoms with Crippen LogP contribution in [0.25, 0.3) is 6.08 Å². The van der Waals surface area contributed by atoms with Gasteiger partial charge in [-0.3, -0.25) is 4.79 Å². The van der Waals surface area contributed by atoms with E-state index in [1.54, 1.807) is 0 Å². The molecule has 0 heterocycles. The molecule has 0 aliphatic rings. The normalized spacial score (nSPS) is 12.2. The Morgan fingerprint density at radius 2 is 1.90 bits per heavy atom. The molecule has 0 unspecified atom stereocenters. The van der Waals surface area contributed by atoms with Crippen LogP contribution in [0.3, 0.4) is 0 Å². The van der Waals surface area contributed by atoms with Crippen LogP contribution in [0.2, 0.25) is 5.02 Å². The summed E-state index contributed by atoms with van der Waals surface area (Å²) in [6.07, 6.45) is 10.7. The summed E-state index contributed by atoms with van der Waals surface area (Å²) < 4.78 is 4.61. The first-order valence-electron chi connectivity index (χ1n) is 7.12. The third-order valence-electron chi connectivity index (χ3n) is 3.10. The van der Waals surface area contributed by atoms with Gasteiger partial charge in [0.1, 0.15) is 0 Å². The second-order valence-corrected chi connectivity index (χ2v) is 6.01. The Morgan fingerprint density at radius 1 is 1.24 bits per heavy atom. The van der Waals surface area contributed by atoms with E-state index in [4.69, 9.17) is 11.6 Å². The van der Waals surface area contributed by atoms with Crippen LogP contribution in [0, 0.1) is 5.41 Å². The van der Waals surface area contributed by atoms with E-state index in [1.165, 1.54) is 7.11 Å². The molecule has 21 heavy (non-hydrogen) atoms. The van der Waals surface area contributed by atoms with Gasteiger partial charge in [-0.05, 0) is 30.5 Å². The minimum absolute atomic E-state index is 0.0229. The standard InChI is InChI=1S/C18H23ClO2/c1-18(2,13-6-4-5-7-17(20)21-3)14-12-15-8-10-16(19)11-9-15/h6,8-14H,4-5,7H2,1-3H3/b13-6-,14-12?. The Labute approximate surface area is 132 Å². The predicted octanol–water partition coefficient (Wildman–Crippen LogP) is 5.28. The molecule has 0 amide bonds. The maximum Gasteiger partial charge on any atom is 0.305 e. The van der Waals surface area contributed by atoms with Gasteiger partial charge in [0.2, 0.25) is 0 Å². The zero-order valence-electron chi connectivity index (χ0n) is 12.9. The summed E-state index contributed by atoms with van der Waals surface area (Å²) >= 11 is 5.86. The van der Waals surface area contributed by atoms with Crippen molar-refractivity contribution in [1.29, 1.82) is 0 Å². The van der Waals surface area contributed by atoms with Crippen molar-refractivity contribution < 1.29 is 9.53 Å². The van der Waals surface area contributed by atoms with Gasteiger partial charge in [0, 0.05) is 16.9 Å². The minimum Gasteiger partial charge on any atom is -0.469 e. The van der Waals surface area contributed by atoms with E-state index in [1.807, 2.05) is 24.3 Å². The fourth-order valence-electron chi connectivity index (χ4n) is 1.79. The molecular weight excluding hydrogens is 284 g/mol. The molecule has 114 valence electrons. The largest absolute Gasteiger partial charge is 0.469 e. The van der Waals surface area contributed by atoms with E-state index in [0.717, 1.165) is 23.4 Å². The van der Waals surface area contributed by atoms with Crippen molar-refractivity contribution in [3.63, 3.8) is 0 Å². The second-order valence-electron chi connectivity index (χ2n) is 5.58. The lowest BCUT2D eigenvalue weighted by atomic mass is 9.91. The molecule has 1 rings (SSSR count). The van der Waals surface area contributed by atoms with Crippen molar-refractivity contribution in [3.05, 3.63) is 53.1 Å². The zero-order valence-corrected chi connectivity index (χ0v) is 13.7. The highest BCUT2D eigenvalue weighted by Crippen LogP contribution is 2.22. The number of hydrogen-bond acceptors (Lipinski definition) is 2. The minimum atomic E-state index is -0.148. The number of benzene rings is 1. The van der Waals surface area contributed by atoms with Gasteiger partial charge >= 0.3 is 5.97 Å². The molecule has 1 aromatic rings. The molecule has 0 atom stereocenters. The number of carbonyl (C=O) groups is 1. The molecule has 0 fully saturated rings. The Balaban J connectivity index is 2.45. The third-order valence-corrected chi connectivity index (χ3v) is 3.35. The van der Waals surface area contributed by atoms with Crippen molar-refractivity contribution in [2.45, 2.75) is 33.1 Å². The molecule has 3 heteroatoms. The number of methoxy groups -OCH3 is 1. The first-order chi connectivity index (χ1) is 9.93. The van der Waals surface area contributed by atoms with E-state index in [2.05, 4.69) is 42.9 Å².